The Morgan fingerprint density at radius 1 is 1.69 bits per heavy atom. The SMILES string of the molecule is CC[C@@H](CO)NC(=O)C(C)(C)C#N. The Bertz CT molecular complexity index is 214. The van der Waals surface area contributed by atoms with Crippen LogP contribution in [0.5, 0.6) is 0 Å². The van der Waals surface area contributed by atoms with Crippen molar-refractivity contribution in [3.63, 3.8) is 0 Å². The number of hydrogen-bond donors (Lipinski definition) is 2. The first kappa shape index (κ1) is 11.9. The summed E-state index contributed by atoms with van der Waals surface area (Å²) >= 11 is 0. The molecule has 0 spiro atoms. The molecule has 0 unspecified atom stereocenters. The van der Waals surface area contributed by atoms with Crippen LogP contribution in [0.3, 0.4) is 0 Å². The molecule has 0 aliphatic rings. The Hall–Kier alpha value is -1.08. The lowest BCUT2D eigenvalue weighted by molar-refractivity contribution is -0.127. The fourth-order valence-corrected chi connectivity index (χ4v) is 0.693. The molecule has 1 amide bonds. The van der Waals surface area contributed by atoms with E-state index in [-0.39, 0.29) is 18.6 Å². The lowest BCUT2D eigenvalue weighted by Gasteiger charge is -2.20. The number of nitriles is 1. The third-order valence-corrected chi connectivity index (χ3v) is 1.90. The average molecular weight is 184 g/mol. The second-order valence-corrected chi connectivity index (χ2v) is 3.50. The fraction of sp³-hybridized carbons (Fsp3) is 0.778. The lowest BCUT2D eigenvalue weighted by atomic mass is 9.94. The standard InChI is InChI=1S/C9H16N2O2/c1-4-7(5-12)11-8(13)9(2,3)6-10/h7,12H,4-5H2,1-3H3,(H,11,13)/t7-/m0/s1. The molecule has 4 heteroatoms. The highest BCUT2D eigenvalue weighted by Gasteiger charge is 2.28. The third kappa shape index (κ3) is 3.43. The molecule has 0 aromatic rings. The van der Waals surface area contributed by atoms with Crippen molar-refractivity contribution >= 4 is 5.91 Å². The quantitative estimate of drug-likeness (QED) is 0.665. The van der Waals surface area contributed by atoms with E-state index in [2.05, 4.69) is 5.32 Å². The number of nitrogens with one attached hydrogen (secondary N) is 1. The number of rotatable bonds is 4. The molecule has 4 nitrogen and oxygen atoms in total. The number of aliphatic hydroxyl groups is 1. The minimum atomic E-state index is -1.03. The van der Waals surface area contributed by atoms with Gasteiger partial charge in [-0.1, -0.05) is 6.92 Å². The van der Waals surface area contributed by atoms with Crippen molar-refractivity contribution in [2.75, 3.05) is 6.61 Å². The van der Waals surface area contributed by atoms with Crippen LogP contribution in [0.25, 0.3) is 0 Å². The number of carbonyl (C=O) groups excluding carboxylic acids is 1. The molecule has 0 aromatic carbocycles. The summed E-state index contributed by atoms with van der Waals surface area (Å²) in [5.41, 5.74) is -1.03. The summed E-state index contributed by atoms with van der Waals surface area (Å²) in [6, 6.07) is 1.65. The second kappa shape index (κ2) is 4.83. The molecule has 0 heterocycles. The van der Waals surface area contributed by atoms with E-state index in [1.165, 1.54) is 0 Å². The lowest BCUT2D eigenvalue weighted by Crippen LogP contribution is -2.43. The summed E-state index contributed by atoms with van der Waals surface area (Å²) in [6.45, 7) is 4.86. The van der Waals surface area contributed by atoms with Crippen LogP contribution in [-0.2, 0) is 4.79 Å². The van der Waals surface area contributed by atoms with Gasteiger partial charge in [-0.25, -0.2) is 0 Å². The van der Waals surface area contributed by atoms with Crippen LogP contribution in [0, 0.1) is 16.7 Å². The number of aliphatic hydroxyl groups excluding tert-OH is 1. The van der Waals surface area contributed by atoms with E-state index in [9.17, 15) is 4.79 Å². The third-order valence-electron chi connectivity index (χ3n) is 1.90. The van der Waals surface area contributed by atoms with Gasteiger partial charge in [-0.3, -0.25) is 4.79 Å². The van der Waals surface area contributed by atoms with E-state index in [0.717, 1.165) is 0 Å². The molecule has 0 bridgehead atoms. The van der Waals surface area contributed by atoms with Gasteiger partial charge in [-0.15, -0.1) is 0 Å². The van der Waals surface area contributed by atoms with Crippen LogP contribution in [0.2, 0.25) is 0 Å². The molecule has 0 aliphatic carbocycles. The minimum Gasteiger partial charge on any atom is -0.394 e. The van der Waals surface area contributed by atoms with Crippen molar-refractivity contribution in [1.29, 1.82) is 5.26 Å². The normalized spacial score (nSPS) is 13.2. The molecular formula is C9H16N2O2. The molecular weight excluding hydrogens is 168 g/mol. The minimum absolute atomic E-state index is 0.0935. The first-order valence-electron chi connectivity index (χ1n) is 4.31. The highest BCUT2D eigenvalue weighted by molar-refractivity contribution is 5.84. The van der Waals surface area contributed by atoms with E-state index in [1.807, 2.05) is 13.0 Å². The Morgan fingerprint density at radius 3 is 2.54 bits per heavy atom. The Labute approximate surface area is 78.6 Å². The van der Waals surface area contributed by atoms with Crippen LogP contribution in [0.15, 0.2) is 0 Å². The average Bonchev–Trinajstić information content (AvgIpc) is 2.13. The first-order chi connectivity index (χ1) is 5.97. The summed E-state index contributed by atoms with van der Waals surface area (Å²) < 4.78 is 0. The van der Waals surface area contributed by atoms with Gasteiger partial charge in [0.1, 0.15) is 5.41 Å². The molecule has 0 saturated carbocycles. The maximum Gasteiger partial charge on any atom is 0.240 e. The summed E-state index contributed by atoms with van der Waals surface area (Å²) in [4.78, 5) is 11.4. The van der Waals surface area contributed by atoms with E-state index in [4.69, 9.17) is 10.4 Å². The van der Waals surface area contributed by atoms with Crippen molar-refractivity contribution in [3.8, 4) is 6.07 Å². The van der Waals surface area contributed by atoms with Gasteiger partial charge in [0.15, 0.2) is 0 Å². The summed E-state index contributed by atoms with van der Waals surface area (Å²) in [7, 11) is 0. The van der Waals surface area contributed by atoms with Crippen LogP contribution < -0.4 is 5.32 Å². The summed E-state index contributed by atoms with van der Waals surface area (Å²) in [6.07, 6.45) is 0.656. The Morgan fingerprint density at radius 2 is 2.23 bits per heavy atom. The van der Waals surface area contributed by atoms with E-state index < -0.39 is 5.41 Å². The Kier molecular flexibility index (Phi) is 4.43. The number of carbonyl (C=O) groups is 1. The highest BCUT2D eigenvalue weighted by atomic mass is 16.3. The zero-order chi connectivity index (χ0) is 10.5. The highest BCUT2D eigenvalue weighted by Crippen LogP contribution is 2.13. The van der Waals surface area contributed by atoms with Gasteiger partial charge in [0.05, 0.1) is 18.7 Å². The van der Waals surface area contributed by atoms with E-state index >= 15 is 0 Å². The van der Waals surface area contributed by atoms with Crippen LogP contribution in [0.4, 0.5) is 0 Å². The maximum absolute atomic E-state index is 11.4. The monoisotopic (exact) mass is 184 g/mol. The number of amides is 1. The summed E-state index contributed by atoms with van der Waals surface area (Å²) in [5, 5.41) is 20.1. The van der Waals surface area contributed by atoms with Crippen molar-refractivity contribution in [1.82, 2.24) is 5.32 Å². The molecule has 0 aliphatic heterocycles. The predicted octanol–water partition coefficient (Wildman–Crippen LogP) is 0.423. The Balaban J connectivity index is 4.23. The zero-order valence-corrected chi connectivity index (χ0v) is 8.29. The van der Waals surface area contributed by atoms with Gasteiger partial charge < -0.3 is 10.4 Å². The number of nitrogens with zero attached hydrogens (tertiary/aromatic N) is 1. The first-order valence-corrected chi connectivity index (χ1v) is 4.31. The van der Waals surface area contributed by atoms with E-state index in [0.29, 0.717) is 6.42 Å². The van der Waals surface area contributed by atoms with Gasteiger partial charge in [0.2, 0.25) is 5.91 Å². The van der Waals surface area contributed by atoms with Gasteiger partial charge in [0, 0.05) is 0 Å². The largest absolute Gasteiger partial charge is 0.394 e. The molecule has 13 heavy (non-hydrogen) atoms. The fourth-order valence-electron chi connectivity index (χ4n) is 0.693. The predicted molar refractivity (Wildman–Crippen MR) is 48.7 cm³/mol. The van der Waals surface area contributed by atoms with Crippen molar-refractivity contribution in [3.05, 3.63) is 0 Å². The van der Waals surface area contributed by atoms with Crippen LogP contribution in [-0.4, -0.2) is 23.7 Å². The van der Waals surface area contributed by atoms with Gasteiger partial charge in [0.25, 0.3) is 0 Å². The molecule has 74 valence electrons. The smallest absolute Gasteiger partial charge is 0.240 e. The van der Waals surface area contributed by atoms with Gasteiger partial charge in [-0.2, -0.15) is 5.26 Å². The van der Waals surface area contributed by atoms with Gasteiger partial charge in [-0.05, 0) is 20.3 Å². The van der Waals surface area contributed by atoms with Crippen molar-refractivity contribution in [2.24, 2.45) is 5.41 Å². The molecule has 0 saturated heterocycles. The zero-order valence-electron chi connectivity index (χ0n) is 8.29. The van der Waals surface area contributed by atoms with Gasteiger partial charge >= 0.3 is 0 Å². The molecule has 1 atom stereocenters. The van der Waals surface area contributed by atoms with Crippen molar-refractivity contribution < 1.29 is 9.90 Å². The molecule has 0 rings (SSSR count). The topological polar surface area (TPSA) is 73.1 Å². The van der Waals surface area contributed by atoms with Crippen LogP contribution in [0.1, 0.15) is 27.2 Å². The van der Waals surface area contributed by atoms with E-state index in [1.54, 1.807) is 13.8 Å². The molecule has 0 aromatic heterocycles. The second-order valence-electron chi connectivity index (χ2n) is 3.50. The molecule has 0 radical (unpaired) electrons. The summed E-state index contributed by atoms with van der Waals surface area (Å²) in [5.74, 6) is -0.337. The number of hydrogen-bond acceptors (Lipinski definition) is 3. The maximum atomic E-state index is 11.4. The molecule has 0 fully saturated rings. The van der Waals surface area contributed by atoms with Crippen LogP contribution >= 0.6 is 0 Å². The molecule has 2 N–H and O–H groups in total. The van der Waals surface area contributed by atoms with Crippen molar-refractivity contribution in [2.45, 2.75) is 33.2 Å².